The summed E-state index contributed by atoms with van der Waals surface area (Å²) in [6.07, 6.45) is 8.92. The molecule has 1 N–H and O–H groups in total. The van der Waals surface area contributed by atoms with Gasteiger partial charge in [-0.1, -0.05) is 37.1 Å². The number of aromatic nitrogens is 3. The quantitative estimate of drug-likeness (QED) is 0.452. The van der Waals surface area contributed by atoms with Gasteiger partial charge in [0.15, 0.2) is 0 Å². The van der Waals surface area contributed by atoms with E-state index in [2.05, 4.69) is 76.2 Å². The highest BCUT2D eigenvalue weighted by Gasteiger charge is 2.15. The van der Waals surface area contributed by atoms with E-state index in [1.807, 2.05) is 0 Å². The molecule has 1 fully saturated rings. The lowest BCUT2D eigenvalue weighted by atomic mass is 9.92. The molecule has 4 nitrogen and oxygen atoms in total. The zero-order valence-electron chi connectivity index (χ0n) is 17.3. The molecule has 150 valence electrons. The largest absolute Gasteiger partial charge is 0.347 e. The van der Waals surface area contributed by atoms with Crippen LogP contribution in [-0.4, -0.2) is 27.2 Å². The lowest BCUT2D eigenvalue weighted by Gasteiger charge is -2.22. The minimum Gasteiger partial charge on any atom is -0.347 e. The molecule has 5 rings (SSSR count). The van der Waals surface area contributed by atoms with Crippen molar-refractivity contribution in [2.24, 2.45) is 13.0 Å². The summed E-state index contributed by atoms with van der Waals surface area (Å²) in [6, 6.07) is 17.2. The fraction of sp³-hybridized carbons (Fsp3) is 0.400. The monoisotopic (exact) mass is 386 g/mol. The average molecular weight is 387 g/mol. The van der Waals surface area contributed by atoms with Gasteiger partial charge < -0.3 is 14.5 Å². The predicted molar refractivity (Wildman–Crippen MR) is 121 cm³/mol. The molecule has 1 aliphatic heterocycles. The molecule has 0 saturated carbocycles. The van der Waals surface area contributed by atoms with Crippen LogP contribution in [0.1, 0.15) is 32.1 Å². The topological polar surface area (TPSA) is 34.8 Å². The molecule has 4 heteroatoms. The number of unbranched alkanes of at least 4 members (excludes halogenated alkanes) is 1. The smallest absolute Gasteiger partial charge is 0.141 e. The SMILES string of the molecule is Cn1c(-c2cccc3c2ccn3CCCCC2CCNCC2)nc2ccccc21. The standard InChI is InChI=1S/C25H30N4/c1-28-24-10-3-2-9-22(24)27-25(28)21-8-6-11-23-20(21)14-18-29(23)17-5-4-7-19-12-15-26-16-13-19/h2-3,6,8-11,14,18-19,26H,4-5,7,12-13,15-17H2,1H3. The summed E-state index contributed by atoms with van der Waals surface area (Å²) in [5, 5.41) is 4.76. The van der Waals surface area contributed by atoms with Gasteiger partial charge in [0, 0.05) is 36.3 Å². The molecular formula is C25H30N4. The third-order valence-electron chi connectivity index (χ3n) is 6.56. The normalized spacial score (nSPS) is 15.5. The van der Waals surface area contributed by atoms with Crippen molar-refractivity contribution in [3.63, 3.8) is 0 Å². The van der Waals surface area contributed by atoms with E-state index in [0.717, 1.165) is 23.8 Å². The third-order valence-corrected chi connectivity index (χ3v) is 6.56. The summed E-state index contributed by atoms with van der Waals surface area (Å²) >= 11 is 0. The molecule has 2 aromatic carbocycles. The number of nitrogens with one attached hydrogen (secondary N) is 1. The van der Waals surface area contributed by atoms with Gasteiger partial charge in [-0.2, -0.15) is 0 Å². The van der Waals surface area contributed by atoms with Crippen molar-refractivity contribution >= 4 is 21.9 Å². The first-order valence-corrected chi connectivity index (χ1v) is 11.0. The fourth-order valence-corrected chi connectivity index (χ4v) is 4.89. The number of hydrogen-bond acceptors (Lipinski definition) is 2. The molecule has 0 bridgehead atoms. The second-order valence-corrected chi connectivity index (χ2v) is 8.42. The maximum Gasteiger partial charge on any atom is 0.141 e. The highest BCUT2D eigenvalue weighted by molar-refractivity contribution is 5.95. The van der Waals surface area contributed by atoms with Crippen molar-refractivity contribution in [3.8, 4) is 11.4 Å². The van der Waals surface area contributed by atoms with Gasteiger partial charge in [0.25, 0.3) is 0 Å². The minimum absolute atomic E-state index is 0.932. The number of rotatable bonds is 6. The second-order valence-electron chi connectivity index (χ2n) is 8.42. The summed E-state index contributed by atoms with van der Waals surface area (Å²) in [5.74, 6) is 1.97. The Morgan fingerprint density at radius 2 is 1.79 bits per heavy atom. The maximum atomic E-state index is 4.92. The Labute approximate surface area is 172 Å². The zero-order valence-corrected chi connectivity index (χ0v) is 17.3. The second kappa shape index (κ2) is 8.03. The molecule has 1 saturated heterocycles. The van der Waals surface area contributed by atoms with Crippen LogP contribution in [0.3, 0.4) is 0 Å². The van der Waals surface area contributed by atoms with Crippen LogP contribution in [0.25, 0.3) is 33.3 Å². The van der Waals surface area contributed by atoms with Gasteiger partial charge in [0.1, 0.15) is 5.82 Å². The first-order chi connectivity index (χ1) is 14.3. The van der Waals surface area contributed by atoms with Crippen LogP contribution in [0.15, 0.2) is 54.7 Å². The number of piperidine rings is 1. The predicted octanol–water partition coefficient (Wildman–Crippen LogP) is 5.36. The van der Waals surface area contributed by atoms with E-state index in [-0.39, 0.29) is 0 Å². The van der Waals surface area contributed by atoms with Gasteiger partial charge in [0.2, 0.25) is 0 Å². The molecule has 0 unspecified atom stereocenters. The summed E-state index contributed by atoms with van der Waals surface area (Å²) < 4.78 is 4.63. The van der Waals surface area contributed by atoms with Gasteiger partial charge in [-0.25, -0.2) is 4.98 Å². The Morgan fingerprint density at radius 3 is 2.66 bits per heavy atom. The molecule has 0 amide bonds. The molecule has 4 aromatic rings. The van der Waals surface area contributed by atoms with Crippen LogP contribution in [0.5, 0.6) is 0 Å². The molecule has 0 aliphatic carbocycles. The van der Waals surface area contributed by atoms with Gasteiger partial charge >= 0.3 is 0 Å². The maximum absolute atomic E-state index is 4.92. The Morgan fingerprint density at radius 1 is 0.966 bits per heavy atom. The first kappa shape index (κ1) is 18.4. The molecule has 0 spiro atoms. The first-order valence-electron chi connectivity index (χ1n) is 11.0. The van der Waals surface area contributed by atoms with E-state index in [4.69, 9.17) is 4.98 Å². The fourth-order valence-electron chi connectivity index (χ4n) is 4.89. The van der Waals surface area contributed by atoms with Crippen LogP contribution >= 0.6 is 0 Å². The molecule has 0 radical (unpaired) electrons. The van der Waals surface area contributed by atoms with E-state index in [9.17, 15) is 0 Å². The van der Waals surface area contributed by atoms with Crippen LogP contribution < -0.4 is 5.32 Å². The van der Waals surface area contributed by atoms with E-state index < -0.39 is 0 Å². The average Bonchev–Trinajstić information content (AvgIpc) is 3.33. The molecule has 0 atom stereocenters. The number of benzene rings is 2. The molecule has 29 heavy (non-hydrogen) atoms. The lowest BCUT2D eigenvalue weighted by molar-refractivity contribution is 0.341. The van der Waals surface area contributed by atoms with E-state index >= 15 is 0 Å². The third kappa shape index (κ3) is 3.58. The van der Waals surface area contributed by atoms with Gasteiger partial charge in [-0.05, 0) is 62.5 Å². The minimum atomic E-state index is 0.932. The number of aryl methyl sites for hydroxylation is 2. The van der Waals surface area contributed by atoms with Crippen molar-refractivity contribution in [3.05, 3.63) is 54.7 Å². The van der Waals surface area contributed by atoms with Crippen molar-refractivity contribution < 1.29 is 0 Å². The van der Waals surface area contributed by atoms with Gasteiger partial charge in [-0.15, -0.1) is 0 Å². The number of imidazole rings is 1. The Bertz CT molecular complexity index is 1110. The Kier molecular flexibility index (Phi) is 5.11. The summed E-state index contributed by atoms with van der Waals surface area (Å²) in [6.45, 7) is 3.51. The van der Waals surface area contributed by atoms with E-state index in [1.54, 1.807) is 0 Å². The van der Waals surface area contributed by atoms with Gasteiger partial charge in [-0.3, -0.25) is 0 Å². The van der Waals surface area contributed by atoms with E-state index in [0.29, 0.717) is 0 Å². The summed E-state index contributed by atoms with van der Waals surface area (Å²) in [5.41, 5.74) is 4.77. The molecule has 1 aliphatic rings. The molecular weight excluding hydrogens is 356 g/mol. The van der Waals surface area contributed by atoms with Crippen LogP contribution in [0, 0.1) is 5.92 Å². The van der Waals surface area contributed by atoms with Crippen LogP contribution in [0.4, 0.5) is 0 Å². The Hall–Kier alpha value is -2.59. The summed E-state index contributed by atoms with van der Waals surface area (Å²) in [7, 11) is 2.11. The zero-order chi connectivity index (χ0) is 19.6. The molecule has 2 aromatic heterocycles. The Balaban J connectivity index is 1.35. The van der Waals surface area contributed by atoms with Crippen molar-refractivity contribution in [2.45, 2.75) is 38.6 Å². The number of nitrogens with zero attached hydrogens (tertiary/aromatic N) is 3. The highest BCUT2D eigenvalue weighted by Crippen LogP contribution is 2.31. The number of hydrogen-bond donors (Lipinski definition) is 1. The highest BCUT2D eigenvalue weighted by atomic mass is 15.1. The number of para-hydroxylation sites is 2. The van der Waals surface area contributed by atoms with Crippen molar-refractivity contribution in [2.75, 3.05) is 13.1 Å². The van der Waals surface area contributed by atoms with Gasteiger partial charge in [0.05, 0.1) is 11.0 Å². The van der Waals surface area contributed by atoms with Crippen molar-refractivity contribution in [1.29, 1.82) is 0 Å². The van der Waals surface area contributed by atoms with Crippen LogP contribution in [-0.2, 0) is 13.6 Å². The van der Waals surface area contributed by atoms with Crippen LogP contribution in [0.2, 0.25) is 0 Å². The van der Waals surface area contributed by atoms with E-state index in [1.165, 1.54) is 67.2 Å². The molecule has 3 heterocycles. The summed E-state index contributed by atoms with van der Waals surface area (Å²) in [4.78, 5) is 4.92. The van der Waals surface area contributed by atoms with Crippen molar-refractivity contribution in [1.82, 2.24) is 19.4 Å². The number of fused-ring (bicyclic) bond motifs is 2. The lowest BCUT2D eigenvalue weighted by Crippen LogP contribution is -2.27.